The number of para-hydroxylation sites is 1. The molecule has 1 heterocycles. The zero-order valence-electron chi connectivity index (χ0n) is 13.6. The van der Waals surface area contributed by atoms with Crippen molar-refractivity contribution >= 4 is 0 Å². The predicted molar refractivity (Wildman–Crippen MR) is 87.4 cm³/mol. The van der Waals surface area contributed by atoms with E-state index in [1.807, 2.05) is 30.3 Å². The summed E-state index contributed by atoms with van der Waals surface area (Å²) in [5.41, 5.74) is 1.10. The maximum Gasteiger partial charge on any atom is 0.137 e. The van der Waals surface area contributed by atoms with E-state index in [1.165, 1.54) is 4.90 Å². The van der Waals surface area contributed by atoms with Crippen LogP contribution in [0.4, 0.5) is 0 Å². The number of benzene rings is 1. The van der Waals surface area contributed by atoms with Gasteiger partial charge in [0, 0.05) is 0 Å². The highest BCUT2D eigenvalue weighted by Gasteiger charge is 2.27. The molecule has 2 rings (SSSR count). The molecule has 4 heteroatoms. The zero-order valence-corrected chi connectivity index (χ0v) is 13.6. The standard InChI is InChI=1S/C18H27NO3/c1-4-7-16-8-5-6-9-18(16)21-13-17(20)12-19-10-14(2)22-15(3)11-19/h4-6,8-9,14-15,17,20H,1,7,10-13H2,2-3H3/p+1/t14-,15+,17-/m0/s1. The molecule has 1 aromatic rings. The Kier molecular flexibility index (Phi) is 6.43. The maximum absolute atomic E-state index is 10.2. The minimum absolute atomic E-state index is 0.250. The van der Waals surface area contributed by atoms with Crippen LogP contribution in [0.5, 0.6) is 5.75 Å². The van der Waals surface area contributed by atoms with Crippen LogP contribution in [0.3, 0.4) is 0 Å². The number of aliphatic hydroxyl groups excluding tert-OH is 1. The second kappa shape index (κ2) is 8.32. The highest BCUT2D eigenvalue weighted by Crippen LogP contribution is 2.18. The van der Waals surface area contributed by atoms with E-state index in [0.717, 1.165) is 30.8 Å². The maximum atomic E-state index is 10.2. The number of ether oxygens (including phenoxy) is 2. The smallest absolute Gasteiger partial charge is 0.137 e. The molecule has 1 unspecified atom stereocenters. The van der Waals surface area contributed by atoms with Crippen molar-refractivity contribution in [2.45, 2.75) is 38.6 Å². The van der Waals surface area contributed by atoms with Crippen LogP contribution in [0.25, 0.3) is 0 Å². The second-order valence-corrected chi connectivity index (χ2v) is 6.19. The predicted octanol–water partition coefficient (Wildman–Crippen LogP) is 0.847. The molecule has 0 aliphatic carbocycles. The third kappa shape index (κ3) is 5.13. The molecule has 122 valence electrons. The van der Waals surface area contributed by atoms with Crippen molar-refractivity contribution in [1.82, 2.24) is 0 Å². The molecule has 1 aliphatic heterocycles. The summed E-state index contributed by atoms with van der Waals surface area (Å²) in [6, 6.07) is 7.91. The van der Waals surface area contributed by atoms with Crippen molar-refractivity contribution < 1.29 is 19.5 Å². The van der Waals surface area contributed by atoms with E-state index < -0.39 is 6.10 Å². The molecule has 0 aromatic heterocycles. The molecule has 0 spiro atoms. The Morgan fingerprint density at radius 3 is 2.73 bits per heavy atom. The Morgan fingerprint density at radius 2 is 2.05 bits per heavy atom. The zero-order chi connectivity index (χ0) is 15.9. The van der Waals surface area contributed by atoms with E-state index in [9.17, 15) is 5.11 Å². The molecule has 1 fully saturated rings. The summed E-state index contributed by atoms with van der Waals surface area (Å²) in [5.74, 6) is 0.833. The second-order valence-electron chi connectivity index (χ2n) is 6.19. The van der Waals surface area contributed by atoms with Crippen molar-refractivity contribution in [3.05, 3.63) is 42.5 Å². The average molecular weight is 306 g/mol. The number of allylic oxidation sites excluding steroid dienone is 1. The molecule has 1 aromatic carbocycles. The molecule has 22 heavy (non-hydrogen) atoms. The quantitative estimate of drug-likeness (QED) is 0.734. The number of hydrogen-bond acceptors (Lipinski definition) is 3. The first-order valence-corrected chi connectivity index (χ1v) is 8.07. The van der Waals surface area contributed by atoms with Crippen LogP contribution >= 0.6 is 0 Å². The van der Waals surface area contributed by atoms with Gasteiger partial charge in [0.25, 0.3) is 0 Å². The molecular formula is C18H28NO3+. The Balaban J connectivity index is 1.82. The summed E-state index contributed by atoms with van der Waals surface area (Å²) in [5, 5.41) is 10.2. The van der Waals surface area contributed by atoms with Crippen LogP contribution in [0, 0.1) is 0 Å². The van der Waals surface area contributed by atoms with Crippen LogP contribution in [-0.2, 0) is 11.2 Å². The van der Waals surface area contributed by atoms with E-state index in [2.05, 4.69) is 20.4 Å². The Bertz CT molecular complexity index is 467. The van der Waals surface area contributed by atoms with Gasteiger partial charge in [0.1, 0.15) is 50.3 Å². The number of morpholine rings is 1. The summed E-state index contributed by atoms with van der Waals surface area (Å²) in [7, 11) is 0. The summed E-state index contributed by atoms with van der Waals surface area (Å²) < 4.78 is 11.5. The normalized spacial score (nSPS) is 26.4. The summed E-state index contributed by atoms with van der Waals surface area (Å²) in [6.45, 7) is 10.8. The lowest BCUT2D eigenvalue weighted by molar-refractivity contribution is -0.918. The number of hydrogen-bond donors (Lipinski definition) is 2. The van der Waals surface area contributed by atoms with Crippen molar-refractivity contribution in [3.63, 3.8) is 0 Å². The van der Waals surface area contributed by atoms with Crippen LogP contribution in [-0.4, -0.2) is 49.7 Å². The molecule has 0 bridgehead atoms. The Morgan fingerprint density at radius 1 is 1.36 bits per heavy atom. The van der Waals surface area contributed by atoms with Gasteiger partial charge in [0.2, 0.25) is 0 Å². The molecule has 2 N–H and O–H groups in total. The highest BCUT2D eigenvalue weighted by molar-refractivity contribution is 5.34. The average Bonchev–Trinajstić information content (AvgIpc) is 2.45. The van der Waals surface area contributed by atoms with Gasteiger partial charge in [-0.15, -0.1) is 6.58 Å². The molecule has 4 atom stereocenters. The summed E-state index contributed by atoms with van der Waals surface area (Å²) in [6.07, 6.45) is 2.67. The first-order chi connectivity index (χ1) is 10.6. The van der Waals surface area contributed by atoms with Gasteiger partial charge < -0.3 is 19.5 Å². The minimum Gasteiger partial charge on any atom is -0.490 e. The van der Waals surface area contributed by atoms with Gasteiger partial charge in [0.05, 0.1) is 0 Å². The van der Waals surface area contributed by atoms with Crippen LogP contribution in [0.2, 0.25) is 0 Å². The lowest BCUT2D eigenvalue weighted by Gasteiger charge is -2.33. The third-order valence-corrected chi connectivity index (χ3v) is 3.91. The molecule has 1 aliphatic rings. The molecule has 0 radical (unpaired) electrons. The number of nitrogens with one attached hydrogen (secondary N) is 1. The van der Waals surface area contributed by atoms with E-state index >= 15 is 0 Å². The lowest BCUT2D eigenvalue weighted by atomic mass is 10.1. The van der Waals surface area contributed by atoms with Crippen molar-refractivity contribution in [2.24, 2.45) is 0 Å². The Labute approximate surface area is 133 Å². The van der Waals surface area contributed by atoms with Gasteiger partial charge in [-0.25, -0.2) is 0 Å². The van der Waals surface area contributed by atoms with Gasteiger partial charge >= 0.3 is 0 Å². The minimum atomic E-state index is -0.468. The fourth-order valence-electron chi connectivity index (χ4n) is 3.10. The first-order valence-electron chi connectivity index (χ1n) is 8.07. The SMILES string of the molecule is C=CCc1ccccc1OC[C@@H](O)C[NH+]1C[C@@H](C)O[C@@H](C)C1. The van der Waals surface area contributed by atoms with E-state index in [4.69, 9.17) is 9.47 Å². The fourth-order valence-corrected chi connectivity index (χ4v) is 3.10. The molecule has 1 saturated heterocycles. The van der Waals surface area contributed by atoms with E-state index in [0.29, 0.717) is 13.2 Å². The van der Waals surface area contributed by atoms with Crippen molar-refractivity contribution in [3.8, 4) is 5.75 Å². The highest BCUT2D eigenvalue weighted by atomic mass is 16.5. The number of quaternary nitrogens is 1. The van der Waals surface area contributed by atoms with Gasteiger partial charge in [-0.2, -0.15) is 0 Å². The molecule has 4 nitrogen and oxygen atoms in total. The Hall–Kier alpha value is -1.36. The summed E-state index contributed by atoms with van der Waals surface area (Å²) >= 11 is 0. The monoisotopic (exact) mass is 306 g/mol. The van der Waals surface area contributed by atoms with Gasteiger partial charge in [-0.05, 0) is 31.9 Å². The van der Waals surface area contributed by atoms with Crippen molar-refractivity contribution in [1.29, 1.82) is 0 Å². The van der Waals surface area contributed by atoms with Gasteiger partial charge in [-0.1, -0.05) is 24.3 Å². The largest absolute Gasteiger partial charge is 0.490 e. The van der Waals surface area contributed by atoms with Crippen molar-refractivity contribution in [2.75, 3.05) is 26.2 Å². The number of rotatable bonds is 7. The van der Waals surface area contributed by atoms with Crippen LogP contribution < -0.4 is 9.64 Å². The van der Waals surface area contributed by atoms with Gasteiger partial charge in [-0.3, -0.25) is 0 Å². The number of aliphatic hydroxyl groups is 1. The van der Waals surface area contributed by atoms with Crippen LogP contribution in [0.15, 0.2) is 36.9 Å². The van der Waals surface area contributed by atoms with E-state index in [-0.39, 0.29) is 12.2 Å². The third-order valence-electron chi connectivity index (χ3n) is 3.91. The first kappa shape index (κ1) is 17.0. The van der Waals surface area contributed by atoms with Crippen LogP contribution in [0.1, 0.15) is 19.4 Å². The molecule has 0 saturated carbocycles. The fraction of sp³-hybridized carbons (Fsp3) is 0.556. The van der Waals surface area contributed by atoms with E-state index in [1.54, 1.807) is 0 Å². The van der Waals surface area contributed by atoms with Gasteiger partial charge in [0.15, 0.2) is 0 Å². The topological polar surface area (TPSA) is 43.1 Å². The molecular weight excluding hydrogens is 278 g/mol. The lowest BCUT2D eigenvalue weighted by Crippen LogP contribution is -3.16. The summed E-state index contributed by atoms with van der Waals surface area (Å²) in [4.78, 5) is 1.38. The molecule has 0 amide bonds.